The minimum absolute atomic E-state index is 0.129. The van der Waals surface area contributed by atoms with E-state index in [1.807, 2.05) is 6.07 Å². The molecule has 2 fully saturated rings. The van der Waals surface area contributed by atoms with Crippen LogP contribution in [0.1, 0.15) is 44.1 Å². The Morgan fingerprint density at radius 2 is 1.81 bits per heavy atom. The van der Waals surface area contributed by atoms with Crippen molar-refractivity contribution in [3.8, 4) is 6.07 Å². The van der Waals surface area contributed by atoms with Gasteiger partial charge in [-0.1, -0.05) is 25.0 Å². The molecule has 1 heterocycles. The number of hydrogen-bond acceptors (Lipinski definition) is 3. The third-order valence-corrected chi connectivity index (χ3v) is 6.77. The van der Waals surface area contributed by atoms with E-state index in [4.69, 9.17) is 0 Å². The number of hydrogen-bond donors (Lipinski definition) is 0. The summed E-state index contributed by atoms with van der Waals surface area (Å²) in [7, 11) is -3.56. The third-order valence-electron chi connectivity index (χ3n) is 4.79. The molecule has 112 valence electrons. The fourth-order valence-electron chi connectivity index (χ4n) is 3.79. The molecule has 5 heteroatoms. The van der Waals surface area contributed by atoms with Gasteiger partial charge in [0.2, 0.25) is 10.0 Å². The lowest BCUT2D eigenvalue weighted by Crippen LogP contribution is -2.49. The van der Waals surface area contributed by atoms with E-state index in [0.29, 0.717) is 12.5 Å². The van der Waals surface area contributed by atoms with Crippen molar-refractivity contribution in [1.29, 1.82) is 5.26 Å². The molecule has 4 nitrogen and oxygen atoms in total. The van der Waals surface area contributed by atoms with Gasteiger partial charge in [0.1, 0.15) is 6.07 Å². The number of nitriles is 1. The van der Waals surface area contributed by atoms with Crippen LogP contribution in [0.15, 0.2) is 29.2 Å². The summed E-state index contributed by atoms with van der Waals surface area (Å²) in [6.45, 7) is 0.587. The first kappa shape index (κ1) is 14.6. The maximum Gasteiger partial charge on any atom is 0.244 e. The molecule has 0 N–H and O–H groups in total. The Bertz CT molecular complexity index is 661. The number of benzene rings is 1. The first-order valence-corrected chi connectivity index (χ1v) is 9.09. The molecule has 21 heavy (non-hydrogen) atoms. The van der Waals surface area contributed by atoms with Gasteiger partial charge < -0.3 is 0 Å². The van der Waals surface area contributed by atoms with Gasteiger partial charge in [-0.15, -0.1) is 0 Å². The van der Waals surface area contributed by atoms with Gasteiger partial charge in [-0.2, -0.15) is 9.57 Å². The molecule has 0 amide bonds. The molecule has 1 saturated heterocycles. The van der Waals surface area contributed by atoms with Crippen LogP contribution in [0.2, 0.25) is 0 Å². The van der Waals surface area contributed by atoms with Crippen molar-refractivity contribution in [2.45, 2.75) is 49.5 Å². The monoisotopic (exact) mass is 304 g/mol. The summed E-state index contributed by atoms with van der Waals surface area (Å²) < 4.78 is 27.7. The smallest absolute Gasteiger partial charge is 0.207 e. The first-order valence-electron chi connectivity index (χ1n) is 7.65. The zero-order valence-corrected chi connectivity index (χ0v) is 12.8. The molecular formula is C16H20N2O2S. The zero-order valence-electron chi connectivity index (χ0n) is 12.0. The van der Waals surface area contributed by atoms with E-state index in [2.05, 4.69) is 0 Å². The van der Waals surface area contributed by atoms with E-state index in [9.17, 15) is 13.7 Å². The molecule has 0 unspecified atom stereocenters. The quantitative estimate of drug-likeness (QED) is 0.844. The second-order valence-corrected chi connectivity index (χ2v) is 7.84. The summed E-state index contributed by atoms with van der Waals surface area (Å²) in [5.41, 5.74) is 0.246. The van der Waals surface area contributed by atoms with Crippen molar-refractivity contribution in [1.82, 2.24) is 4.31 Å². The van der Waals surface area contributed by atoms with E-state index >= 15 is 0 Å². The highest BCUT2D eigenvalue weighted by atomic mass is 32.2. The molecule has 1 aromatic carbocycles. The second kappa shape index (κ2) is 5.78. The highest BCUT2D eigenvalue weighted by Gasteiger charge is 2.40. The summed E-state index contributed by atoms with van der Waals surface area (Å²) in [4.78, 5) is 0.165. The van der Waals surface area contributed by atoms with Crippen molar-refractivity contribution < 1.29 is 8.42 Å². The van der Waals surface area contributed by atoms with Crippen LogP contribution in [-0.4, -0.2) is 25.3 Å². The largest absolute Gasteiger partial charge is 0.244 e. The standard InChI is InChI=1S/C16H20N2O2S/c17-12-14-7-2-4-10-16(14)21(19,20)18-11-5-8-13-6-1-3-9-15(13)18/h2,4,7,10,13,15H,1,3,5-6,8-9,11H2/t13-,15+/m1/s1. The van der Waals surface area contributed by atoms with Crippen molar-refractivity contribution >= 4 is 10.0 Å². The zero-order chi connectivity index (χ0) is 14.9. The van der Waals surface area contributed by atoms with E-state index in [-0.39, 0.29) is 16.5 Å². The fourth-order valence-corrected chi connectivity index (χ4v) is 5.69. The molecule has 2 atom stereocenters. The molecule has 0 aromatic heterocycles. The minimum atomic E-state index is -3.56. The highest BCUT2D eigenvalue weighted by Crippen LogP contribution is 2.38. The van der Waals surface area contributed by atoms with E-state index in [0.717, 1.165) is 32.1 Å². The SMILES string of the molecule is N#Cc1ccccc1S(=O)(=O)N1CCC[C@H]2CCCC[C@@H]21. The third kappa shape index (κ3) is 2.58. The Hall–Kier alpha value is -1.38. The normalized spacial score (nSPS) is 26.8. The predicted molar refractivity (Wildman–Crippen MR) is 80.0 cm³/mol. The lowest BCUT2D eigenvalue weighted by atomic mass is 9.79. The van der Waals surface area contributed by atoms with Crippen LogP contribution in [0.3, 0.4) is 0 Å². The Kier molecular flexibility index (Phi) is 4.01. The molecule has 1 aliphatic carbocycles. The predicted octanol–water partition coefficient (Wildman–Crippen LogP) is 2.90. The van der Waals surface area contributed by atoms with Crippen molar-refractivity contribution in [3.63, 3.8) is 0 Å². The maximum absolute atomic E-state index is 13.0. The maximum atomic E-state index is 13.0. The highest BCUT2D eigenvalue weighted by molar-refractivity contribution is 7.89. The van der Waals surface area contributed by atoms with Crippen LogP contribution < -0.4 is 0 Å². The molecule has 0 bridgehead atoms. The van der Waals surface area contributed by atoms with Crippen molar-refractivity contribution in [2.24, 2.45) is 5.92 Å². The molecular weight excluding hydrogens is 284 g/mol. The van der Waals surface area contributed by atoms with Gasteiger partial charge in [0.25, 0.3) is 0 Å². The second-order valence-electron chi connectivity index (χ2n) is 5.98. The van der Waals surface area contributed by atoms with E-state index < -0.39 is 10.0 Å². The van der Waals surface area contributed by atoms with Crippen LogP contribution >= 0.6 is 0 Å². The minimum Gasteiger partial charge on any atom is -0.207 e. The van der Waals surface area contributed by atoms with Crippen LogP contribution in [0.5, 0.6) is 0 Å². The molecule has 1 aliphatic heterocycles. The first-order chi connectivity index (χ1) is 10.1. The van der Waals surface area contributed by atoms with Crippen LogP contribution in [-0.2, 0) is 10.0 Å². The lowest BCUT2D eigenvalue weighted by molar-refractivity contribution is 0.129. The van der Waals surface area contributed by atoms with E-state index in [1.165, 1.54) is 6.42 Å². The fraction of sp³-hybridized carbons (Fsp3) is 0.562. The Labute approximate surface area is 126 Å². The average Bonchev–Trinajstić information content (AvgIpc) is 2.54. The van der Waals surface area contributed by atoms with Crippen LogP contribution in [0.4, 0.5) is 0 Å². The van der Waals surface area contributed by atoms with Gasteiger partial charge in [0, 0.05) is 12.6 Å². The van der Waals surface area contributed by atoms with Gasteiger partial charge in [-0.05, 0) is 43.7 Å². The van der Waals surface area contributed by atoms with Crippen LogP contribution in [0.25, 0.3) is 0 Å². The van der Waals surface area contributed by atoms with Gasteiger partial charge in [0.05, 0.1) is 10.5 Å². The molecule has 1 saturated carbocycles. The van der Waals surface area contributed by atoms with Crippen molar-refractivity contribution in [2.75, 3.05) is 6.54 Å². The van der Waals surface area contributed by atoms with Gasteiger partial charge in [-0.3, -0.25) is 0 Å². The number of piperidine rings is 1. The van der Waals surface area contributed by atoms with Gasteiger partial charge in [-0.25, -0.2) is 8.42 Å². The molecule has 2 aliphatic rings. The Morgan fingerprint density at radius 1 is 1.10 bits per heavy atom. The molecule has 1 aromatic rings. The number of rotatable bonds is 2. The number of nitrogens with zero attached hydrogens (tertiary/aromatic N) is 2. The Morgan fingerprint density at radius 3 is 2.62 bits per heavy atom. The van der Waals surface area contributed by atoms with E-state index in [1.54, 1.807) is 28.6 Å². The number of fused-ring (bicyclic) bond motifs is 1. The molecule has 0 spiro atoms. The molecule has 0 radical (unpaired) electrons. The van der Waals surface area contributed by atoms with Gasteiger partial charge >= 0.3 is 0 Å². The molecule has 3 rings (SSSR count). The summed E-state index contributed by atoms with van der Waals surface area (Å²) in [5, 5.41) is 9.18. The summed E-state index contributed by atoms with van der Waals surface area (Å²) >= 11 is 0. The Balaban J connectivity index is 1.99. The van der Waals surface area contributed by atoms with Crippen molar-refractivity contribution in [3.05, 3.63) is 29.8 Å². The average molecular weight is 304 g/mol. The topological polar surface area (TPSA) is 61.2 Å². The summed E-state index contributed by atoms with van der Waals surface area (Å²) in [6.07, 6.45) is 6.47. The summed E-state index contributed by atoms with van der Waals surface area (Å²) in [5.74, 6) is 0.497. The lowest BCUT2D eigenvalue weighted by Gasteiger charge is -2.43. The van der Waals surface area contributed by atoms with Gasteiger partial charge in [0.15, 0.2) is 0 Å². The number of sulfonamides is 1. The summed E-state index contributed by atoms with van der Waals surface area (Å²) in [6, 6.07) is 8.67. The van der Waals surface area contributed by atoms with Crippen LogP contribution in [0, 0.1) is 17.2 Å².